The van der Waals surface area contributed by atoms with E-state index in [0.29, 0.717) is 31.3 Å². The zero-order valence-electron chi connectivity index (χ0n) is 12.9. The van der Waals surface area contributed by atoms with E-state index >= 15 is 0 Å². The number of amides is 1. The minimum absolute atomic E-state index is 0.112. The van der Waals surface area contributed by atoms with Gasteiger partial charge in [0.05, 0.1) is 0 Å². The summed E-state index contributed by atoms with van der Waals surface area (Å²) in [6.45, 7) is 2.85. The minimum atomic E-state index is -1.65. The number of hydrogen-bond donors (Lipinski definition) is 2. The monoisotopic (exact) mass is 297 g/mol. The second-order valence-electron chi connectivity index (χ2n) is 6.80. The van der Waals surface area contributed by atoms with Crippen LogP contribution in [0.25, 0.3) is 0 Å². The second kappa shape index (κ2) is 6.77. The molecule has 21 heavy (non-hydrogen) atoms. The fourth-order valence-corrected chi connectivity index (χ4v) is 3.61. The predicted molar refractivity (Wildman–Crippen MR) is 78.8 cm³/mol. The summed E-state index contributed by atoms with van der Waals surface area (Å²) in [6.07, 6.45) is 7.14. The van der Waals surface area contributed by atoms with Crippen LogP contribution in [0.15, 0.2) is 0 Å². The van der Waals surface area contributed by atoms with Gasteiger partial charge in [-0.1, -0.05) is 39.0 Å². The van der Waals surface area contributed by atoms with E-state index < -0.39 is 11.6 Å². The molecule has 1 amide bonds. The summed E-state index contributed by atoms with van der Waals surface area (Å²) in [5.74, 6) is -0.00721. The number of aliphatic carboxylic acids is 1. The molecular formula is C16H27NO4. The highest BCUT2D eigenvalue weighted by Crippen LogP contribution is 2.32. The molecular weight excluding hydrogens is 270 g/mol. The van der Waals surface area contributed by atoms with Gasteiger partial charge in [-0.2, -0.15) is 0 Å². The summed E-state index contributed by atoms with van der Waals surface area (Å²) >= 11 is 0. The summed E-state index contributed by atoms with van der Waals surface area (Å²) in [4.78, 5) is 25.0. The van der Waals surface area contributed by atoms with Crippen molar-refractivity contribution in [2.24, 2.45) is 11.8 Å². The third kappa shape index (κ3) is 3.96. The average Bonchev–Trinajstić information content (AvgIpc) is 2.48. The summed E-state index contributed by atoms with van der Waals surface area (Å²) in [5.41, 5.74) is -1.65. The Morgan fingerprint density at radius 2 is 1.76 bits per heavy atom. The smallest absolute Gasteiger partial charge is 0.335 e. The normalized spacial score (nSPS) is 24.6. The first-order chi connectivity index (χ1) is 9.92. The Morgan fingerprint density at radius 1 is 1.19 bits per heavy atom. The number of carbonyl (C=O) groups excluding carboxylic acids is 1. The molecule has 1 unspecified atom stereocenters. The van der Waals surface area contributed by atoms with E-state index in [1.165, 1.54) is 32.1 Å². The van der Waals surface area contributed by atoms with Crippen molar-refractivity contribution in [3.63, 3.8) is 0 Å². The van der Waals surface area contributed by atoms with Gasteiger partial charge in [0.25, 0.3) is 0 Å². The molecule has 0 radical (unpaired) electrons. The number of piperidine rings is 1. The molecule has 1 saturated heterocycles. The molecule has 0 bridgehead atoms. The van der Waals surface area contributed by atoms with E-state index in [1.54, 1.807) is 4.90 Å². The quantitative estimate of drug-likeness (QED) is 0.832. The number of carboxylic acid groups (broad SMARTS) is 1. The standard InChI is InChI=1S/C16H27NO4/c1-12(13-5-3-2-4-6-13)11-14(18)17-9-7-16(21,8-10-17)15(19)20/h12-13,21H,2-11H2,1H3,(H,19,20). The van der Waals surface area contributed by atoms with E-state index in [9.17, 15) is 14.7 Å². The van der Waals surface area contributed by atoms with Gasteiger partial charge in [-0.15, -0.1) is 0 Å². The lowest BCUT2D eigenvalue weighted by Gasteiger charge is -2.36. The van der Waals surface area contributed by atoms with Gasteiger partial charge >= 0.3 is 5.97 Å². The van der Waals surface area contributed by atoms with Crippen LogP contribution in [0.1, 0.15) is 58.3 Å². The van der Waals surface area contributed by atoms with Gasteiger partial charge in [-0.05, 0) is 11.8 Å². The van der Waals surface area contributed by atoms with Gasteiger partial charge in [-0.3, -0.25) is 4.79 Å². The SMILES string of the molecule is CC(CC(=O)N1CCC(O)(C(=O)O)CC1)C1CCCCC1. The molecule has 5 heteroatoms. The lowest BCUT2D eigenvalue weighted by molar-refractivity contribution is -0.165. The van der Waals surface area contributed by atoms with Gasteiger partial charge in [0.1, 0.15) is 0 Å². The first kappa shape index (κ1) is 16.3. The van der Waals surface area contributed by atoms with Crippen LogP contribution in [-0.2, 0) is 9.59 Å². The number of nitrogens with zero attached hydrogens (tertiary/aromatic N) is 1. The molecule has 120 valence electrons. The van der Waals surface area contributed by atoms with Gasteiger partial charge in [0.15, 0.2) is 5.60 Å². The highest BCUT2D eigenvalue weighted by molar-refractivity contribution is 5.79. The van der Waals surface area contributed by atoms with Crippen LogP contribution < -0.4 is 0 Å². The van der Waals surface area contributed by atoms with E-state index in [-0.39, 0.29) is 18.7 Å². The molecule has 0 aromatic rings. The topological polar surface area (TPSA) is 77.8 Å². The van der Waals surface area contributed by atoms with Crippen molar-refractivity contribution in [1.29, 1.82) is 0 Å². The molecule has 0 spiro atoms. The van der Waals surface area contributed by atoms with Crippen LogP contribution in [0.5, 0.6) is 0 Å². The molecule has 0 aromatic carbocycles. The highest BCUT2D eigenvalue weighted by Gasteiger charge is 2.40. The largest absolute Gasteiger partial charge is 0.479 e. The maximum absolute atomic E-state index is 12.3. The summed E-state index contributed by atoms with van der Waals surface area (Å²) in [7, 11) is 0. The average molecular weight is 297 g/mol. The first-order valence-electron chi connectivity index (χ1n) is 8.16. The Bertz CT molecular complexity index is 382. The Balaban J connectivity index is 1.80. The molecule has 2 rings (SSSR count). The van der Waals surface area contributed by atoms with Crippen molar-refractivity contribution >= 4 is 11.9 Å². The second-order valence-corrected chi connectivity index (χ2v) is 6.80. The fourth-order valence-electron chi connectivity index (χ4n) is 3.61. The Hall–Kier alpha value is -1.10. The van der Waals surface area contributed by atoms with Crippen molar-refractivity contribution in [3.05, 3.63) is 0 Å². The third-order valence-electron chi connectivity index (χ3n) is 5.29. The van der Waals surface area contributed by atoms with Gasteiger partial charge < -0.3 is 15.1 Å². The van der Waals surface area contributed by atoms with Gasteiger partial charge in [0.2, 0.25) is 5.91 Å². The number of carbonyl (C=O) groups is 2. The van der Waals surface area contributed by atoms with Gasteiger partial charge in [-0.25, -0.2) is 4.79 Å². The van der Waals surface area contributed by atoms with E-state index in [0.717, 1.165) is 0 Å². The first-order valence-corrected chi connectivity index (χ1v) is 8.16. The molecule has 2 aliphatic rings. The maximum atomic E-state index is 12.3. The maximum Gasteiger partial charge on any atom is 0.335 e. The van der Waals surface area contributed by atoms with E-state index in [4.69, 9.17) is 5.11 Å². The van der Waals surface area contributed by atoms with Crippen LogP contribution in [0.2, 0.25) is 0 Å². The molecule has 1 heterocycles. The van der Waals surface area contributed by atoms with Crippen LogP contribution >= 0.6 is 0 Å². The molecule has 1 saturated carbocycles. The van der Waals surface area contributed by atoms with Crippen LogP contribution in [0.4, 0.5) is 0 Å². The number of aliphatic hydroxyl groups is 1. The molecule has 1 aliphatic carbocycles. The molecule has 0 aromatic heterocycles. The van der Waals surface area contributed by atoms with Crippen molar-refractivity contribution in [2.75, 3.05) is 13.1 Å². The van der Waals surface area contributed by atoms with Crippen LogP contribution in [-0.4, -0.2) is 45.7 Å². The van der Waals surface area contributed by atoms with E-state index in [2.05, 4.69) is 6.92 Å². The summed E-state index contributed by atoms with van der Waals surface area (Å²) < 4.78 is 0. The van der Waals surface area contributed by atoms with Crippen LogP contribution in [0.3, 0.4) is 0 Å². The molecule has 1 aliphatic heterocycles. The predicted octanol–water partition coefficient (Wildman–Crippen LogP) is 2.03. The number of likely N-dealkylation sites (tertiary alicyclic amines) is 1. The zero-order chi connectivity index (χ0) is 15.5. The van der Waals surface area contributed by atoms with E-state index in [1.807, 2.05) is 0 Å². The molecule has 1 atom stereocenters. The number of rotatable bonds is 4. The summed E-state index contributed by atoms with van der Waals surface area (Å²) in [5, 5.41) is 18.9. The van der Waals surface area contributed by atoms with Crippen LogP contribution in [0, 0.1) is 11.8 Å². The fraction of sp³-hybridized carbons (Fsp3) is 0.875. The number of carboxylic acids is 1. The summed E-state index contributed by atoms with van der Waals surface area (Å²) in [6, 6.07) is 0. The molecule has 5 nitrogen and oxygen atoms in total. The molecule has 2 fully saturated rings. The highest BCUT2D eigenvalue weighted by atomic mass is 16.4. The van der Waals surface area contributed by atoms with Gasteiger partial charge in [0, 0.05) is 32.4 Å². The zero-order valence-corrected chi connectivity index (χ0v) is 12.9. The lowest BCUT2D eigenvalue weighted by Crippen LogP contribution is -2.51. The van der Waals surface area contributed by atoms with Crippen molar-refractivity contribution < 1.29 is 19.8 Å². The molecule has 2 N–H and O–H groups in total. The Kier molecular flexibility index (Phi) is 5.25. The third-order valence-corrected chi connectivity index (χ3v) is 5.29. The lowest BCUT2D eigenvalue weighted by atomic mass is 9.79. The number of hydrogen-bond acceptors (Lipinski definition) is 3. The van der Waals surface area contributed by atoms with Crippen molar-refractivity contribution in [3.8, 4) is 0 Å². The Labute approximate surface area is 126 Å². The minimum Gasteiger partial charge on any atom is -0.479 e. The Morgan fingerprint density at radius 3 is 2.29 bits per heavy atom. The van der Waals surface area contributed by atoms with Crippen molar-refractivity contribution in [1.82, 2.24) is 4.90 Å². The van der Waals surface area contributed by atoms with Crippen molar-refractivity contribution in [2.45, 2.75) is 63.9 Å².